The van der Waals surface area contributed by atoms with Crippen LogP contribution in [0, 0.1) is 5.92 Å². The molecule has 0 aromatic heterocycles. The van der Waals surface area contributed by atoms with Crippen LogP contribution in [0.2, 0.25) is 0 Å². The topological polar surface area (TPSA) is 17.1 Å². The molecule has 0 N–H and O–H groups in total. The Kier molecular flexibility index (Phi) is 4.29. The monoisotopic (exact) mass is 202 g/mol. The van der Waals surface area contributed by atoms with Gasteiger partial charge in [-0.3, -0.25) is 4.79 Å². The zero-order valence-corrected chi connectivity index (χ0v) is 9.66. The number of hydrogen-bond donors (Lipinski definition) is 0. The average Bonchev–Trinajstić information content (AvgIpc) is 2.26. The average molecular weight is 202 g/mol. The van der Waals surface area contributed by atoms with Crippen molar-refractivity contribution in [2.45, 2.75) is 27.2 Å². The van der Waals surface area contributed by atoms with Gasteiger partial charge in [0.1, 0.15) is 0 Å². The molecule has 1 aromatic carbocycles. The molecule has 0 saturated heterocycles. The summed E-state index contributed by atoms with van der Waals surface area (Å²) in [5.74, 6) is 0.255. The first-order chi connectivity index (χ1) is 7.13. The molecule has 0 fully saturated rings. The van der Waals surface area contributed by atoms with E-state index in [9.17, 15) is 4.79 Å². The quantitative estimate of drug-likeness (QED) is 0.683. The van der Waals surface area contributed by atoms with Crippen LogP contribution >= 0.6 is 0 Å². The van der Waals surface area contributed by atoms with Gasteiger partial charge in [0.2, 0.25) is 0 Å². The number of ketones is 1. The van der Waals surface area contributed by atoms with Crippen molar-refractivity contribution in [3.63, 3.8) is 0 Å². The lowest BCUT2D eigenvalue weighted by Gasteiger charge is -1.98. The van der Waals surface area contributed by atoms with E-state index >= 15 is 0 Å². The lowest BCUT2D eigenvalue weighted by molar-refractivity contribution is -0.117. The van der Waals surface area contributed by atoms with Gasteiger partial charge in [-0.15, -0.1) is 0 Å². The van der Waals surface area contributed by atoms with E-state index in [0.717, 1.165) is 12.0 Å². The minimum atomic E-state index is 0.0798. The maximum absolute atomic E-state index is 11.4. The van der Waals surface area contributed by atoms with Gasteiger partial charge >= 0.3 is 0 Å². The van der Waals surface area contributed by atoms with Crippen LogP contribution in [-0.4, -0.2) is 5.78 Å². The number of benzene rings is 1. The lowest BCUT2D eigenvalue weighted by atomic mass is 10.1. The second-order valence-electron chi connectivity index (χ2n) is 3.99. The summed E-state index contributed by atoms with van der Waals surface area (Å²) in [5.41, 5.74) is 2.41. The normalized spacial score (nSPS) is 11.2. The van der Waals surface area contributed by atoms with E-state index in [1.54, 1.807) is 6.08 Å². The third kappa shape index (κ3) is 3.70. The SMILES string of the molecule is CCc1ccc(/C=C/C(=O)C(C)C)cc1. The summed E-state index contributed by atoms with van der Waals surface area (Å²) in [5, 5.41) is 0. The Morgan fingerprint density at radius 2 is 1.87 bits per heavy atom. The molecule has 15 heavy (non-hydrogen) atoms. The summed E-state index contributed by atoms with van der Waals surface area (Å²) in [7, 11) is 0. The van der Waals surface area contributed by atoms with Crippen LogP contribution in [0.15, 0.2) is 30.3 Å². The molecule has 0 heterocycles. The molecule has 0 aliphatic carbocycles. The van der Waals surface area contributed by atoms with E-state index in [2.05, 4.69) is 19.1 Å². The molecule has 0 aliphatic rings. The summed E-state index contributed by atoms with van der Waals surface area (Å²) in [4.78, 5) is 11.4. The summed E-state index contributed by atoms with van der Waals surface area (Å²) < 4.78 is 0. The minimum Gasteiger partial charge on any atom is -0.295 e. The molecule has 80 valence electrons. The van der Waals surface area contributed by atoms with Gasteiger partial charge in [-0.25, -0.2) is 0 Å². The van der Waals surface area contributed by atoms with Crippen molar-refractivity contribution in [1.29, 1.82) is 0 Å². The molecule has 0 unspecified atom stereocenters. The molecule has 0 radical (unpaired) electrons. The van der Waals surface area contributed by atoms with Crippen LogP contribution < -0.4 is 0 Å². The van der Waals surface area contributed by atoms with Gasteiger partial charge in [0.05, 0.1) is 0 Å². The van der Waals surface area contributed by atoms with Crippen molar-refractivity contribution < 1.29 is 4.79 Å². The highest BCUT2D eigenvalue weighted by Crippen LogP contribution is 2.07. The van der Waals surface area contributed by atoms with E-state index < -0.39 is 0 Å². The van der Waals surface area contributed by atoms with Gasteiger partial charge in [0.15, 0.2) is 5.78 Å². The summed E-state index contributed by atoms with van der Waals surface area (Å²) >= 11 is 0. The molecule has 0 aliphatic heterocycles. The molecular weight excluding hydrogens is 184 g/mol. The third-order valence-corrected chi connectivity index (χ3v) is 2.40. The minimum absolute atomic E-state index is 0.0798. The van der Waals surface area contributed by atoms with Crippen molar-refractivity contribution in [3.8, 4) is 0 Å². The van der Waals surface area contributed by atoms with Gasteiger partial charge in [-0.05, 0) is 23.6 Å². The Labute approximate surface area is 91.8 Å². The van der Waals surface area contributed by atoms with Crippen molar-refractivity contribution in [1.82, 2.24) is 0 Å². The number of allylic oxidation sites excluding steroid dienone is 1. The molecule has 0 atom stereocenters. The van der Waals surface area contributed by atoms with E-state index in [4.69, 9.17) is 0 Å². The first-order valence-electron chi connectivity index (χ1n) is 5.44. The van der Waals surface area contributed by atoms with Gasteiger partial charge in [-0.1, -0.05) is 51.1 Å². The second kappa shape index (κ2) is 5.50. The van der Waals surface area contributed by atoms with Crippen molar-refractivity contribution in [2.75, 3.05) is 0 Å². The Morgan fingerprint density at radius 1 is 1.27 bits per heavy atom. The third-order valence-electron chi connectivity index (χ3n) is 2.40. The molecule has 0 saturated carbocycles. The van der Waals surface area contributed by atoms with Crippen LogP contribution in [0.1, 0.15) is 31.9 Å². The largest absolute Gasteiger partial charge is 0.295 e. The van der Waals surface area contributed by atoms with Crippen LogP contribution in [0.25, 0.3) is 6.08 Å². The van der Waals surface area contributed by atoms with Crippen molar-refractivity contribution in [3.05, 3.63) is 41.5 Å². The fourth-order valence-electron chi connectivity index (χ4n) is 1.24. The highest BCUT2D eigenvalue weighted by atomic mass is 16.1. The van der Waals surface area contributed by atoms with Crippen LogP contribution in [-0.2, 0) is 11.2 Å². The number of aryl methyl sites for hydroxylation is 1. The van der Waals surface area contributed by atoms with Crippen molar-refractivity contribution in [2.24, 2.45) is 5.92 Å². The molecule has 1 heteroatoms. The van der Waals surface area contributed by atoms with Crippen LogP contribution in [0.3, 0.4) is 0 Å². The fraction of sp³-hybridized carbons (Fsp3) is 0.357. The van der Waals surface area contributed by atoms with E-state index in [1.165, 1.54) is 5.56 Å². The first-order valence-corrected chi connectivity index (χ1v) is 5.44. The second-order valence-corrected chi connectivity index (χ2v) is 3.99. The van der Waals surface area contributed by atoms with Gasteiger partial charge in [0.25, 0.3) is 0 Å². The maximum Gasteiger partial charge on any atom is 0.158 e. The number of carbonyl (C=O) groups is 1. The predicted molar refractivity (Wildman–Crippen MR) is 64.7 cm³/mol. The Morgan fingerprint density at radius 3 is 2.33 bits per heavy atom. The zero-order valence-electron chi connectivity index (χ0n) is 9.66. The summed E-state index contributed by atoms with van der Waals surface area (Å²) in [6, 6.07) is 8.28. The smallest absolute Gasteiger partial charge is 0.158 e. The molecule has 1 nitrogen and oxygen atoms in total. The highest BCUT2D eigenvalue weighted by molar-refractivity contribution is 5.94. The summed E-state index contributed by atoms with van der Waals surface area (Å²) in [6.45, 7) is 5.95. The maximum atomic E-state index is 11.4. The standard InChI is InChI=1S/C14H18O/c1-4-12-5-7-13(8-6-12)9-10-14(15)11(2)3/h5-11H,4H2,1-3H3/b10-9+. The Hall–Kier alpha value is -1.37. The van der Waals surface area contributed by atoms with E-state index in [-0.39, 0.29) is 11.7 Å². The number of carbonyl (C=O) groups excluding carboxylic acids is 1. The highest BCUT2D eigenvalue weighted by Gasteiger charge is 2.01. The van der Waals surface area contributed by atoms with Crippen LogP contribution in [0.4, 0.5) is 0 Å². The van der Waals surface area contributed by atoms with Gasteiger partial charge in [0, 0.05) is 5.92 Å². The first kappa shape index (κ1) is 11.7. The summed E-state index contributed by atoms with van der Waals surface area (Å²) in [6.07, 6.45) is 4.59. The van der Waals surface area contributed by atoms with Gasteiger partial charge in [-0.2, -0.15) is 0 Å². The molecular formula is C14H18O. The number of hydrogen-bond acceptors (Lipinski definition) is 1. The predicted octanol–water partition coefficient (Wildman–Crippen LogP) is 3.49. The van der Waals surface area contributed by atoms with Crippen molar-refractivity contribution >= 4 is 11.9 Å². The zero-order chi connectivity index (χ0) is 11.3. The Balaban J connectivity index is 2.69. The number of rotatable bonds is 4. The van der Waals surface area contributed by atoms with E-state index in [1.807, 2.05) is 32.1 Å². The molecule has 1 aromatic rings. The molecule has 0 amide bonds. The molecule has 0 bridgehead atoms. The lowest BCUT2D eigenvalue weighted by Crippen LogP contribution is -2.01. The van der Waals surface area contributed by atoms with Gasteiger partial charge < -0.3 is 0 Å². The Bertz CT molecular complexity index is 344. The van der Waals surface area contributed by atoms with E-state index in [0.29, 0.717) is 0 Å². The fourth-order valence-corrected chi connectivity index (χ4v) is 1.24. The molecule has 1 rings (SSSR count). The van der Waals surface area contributed by atoms with Crippen LogP contribution in [0.5, 0.6) is 0 Å². The molecule has 0 spiro atoms.